The highest BCUT2D eigenvalue weighted by atomic mass is 16.5. The highest BCUT2D eigenvalue weighted by Crippen LogP contribution is 2.26. The van der Waals surface area contributed by atoms with Gasteiger partial charge in [-0.3, -0.25) is 0 Å². The molecule has 0 aliphatic heterocycles. The zero-order valence-electron chi connectivity index (χ0n) is 17.9. The van der Waals surface area contributed by atoms with Crippen molar-refractivity contribution in [2.24, 2.45) is 5.92 Å². The van der Waals surface area contributed by atoms with Crippen molar-refractivity contribution in [3.63, 3.8) is 0 Å². The Kier molecular flexibility index (Phi) is 14.2. The van der Waals surface area contributed by atoms with Gasteiger partial charge in [-0.2, -0.15) is 0 Å². The van der Waals surface area contributed by atoms with Crippen molar-refractivity contribution in [2.75, 3.05) is 19.7 Å². The van der Waals surface area contributed by atoms with E-state index < -0.39 is 24.1 Å². The highest BCUT2D eigenvalue weighted by molar-refractivity contribution is 5.83. The molecule has 3 atom stereocenters. The molecule has 0 aliphatic carbocycles. The largest absolute Gasteiger partial charge is 0.485 e. The van der Waals surface area contributed by atoms with E-state index in [4.69, 9.17) is 29.9 Å². The molecule has 172 valence electrons. The second-order valence-corrected chi connectivity index (χ2v) is 6.82. The van der Waals surface area contributed by atoms with Crippen molar-refractivity contribution < 1.29 is 39.5 Å². The summed E-state index contributed by atoms with van der Waals surface area (Å²) in [5.41, 5.74) is 0. The number of aromatic nitrogens is 1. The van der Waals surface area contributed by atoms with Crippen molar-refractivity contribution in [3.8, 4) is 11.6 Å². The average Bonchev–Trinajstić information content (AvgIpc) is 2.68. The molecule has 1 heterocycles. The molecule has 3 unspecified atom stereocenters. The standard InChI is InChI=1S/C16H28N2O2.C4H6O6/c1-5-17-11-9-14(12-13(3)4)20-15-8-7-10-18-16(15)19-6-2;5-1(3(7)8)2(6)4(9)10/h7-8,10,13-14,17H,5-6,9,11-12H2,1-4H3;1-2,5-6H,(H,7,8)(H,9,10). The van der Waals surface area contributed by atoms with Gasteiger partial charge in [0.05, 0.1) is 6.61 Å². The van der Waals surface area contributed by atoms with Crippen molar-refractivity contribution in [2.45, 2.75) is 58.8 Å². The minimum absolute atomic E-state index is 0.192. The van der Waals surface area contributed by atoms with Crippen LogP contribution in [0.5, 0.6) is 11.6 Å². The van der Waals surface area contributed by atoms with Gasteiger partial charge in [-0.25, -0.2) is 14.6 Å². The fourth-order valence-electron chi connectivity index (χ4n) is 2.35. The van der Waals surface area contributed by atoms with Crippen LogP contribution in [-0.4, -0.2) is 75.4 Å². The number of nitrogens with one attached hydrogen (secondary N) is 1. The van der Waals surface area contributed by atoms with Gasteiger partial charge in [-0.05, 0) is 50.9 Å². The SMILES string of the molecule is CCNCCC(CC(C)C)Oc1cccnc1OCC.O=C(O)C(O)C(O)C(=O)O. The van der Waals surface area contributed by atoms with E-state index in [0.29, 0.717) is 18.4 Å². The van der Waals surface area contributed by atoms with Crippen LogP contribution in [0.1, 0.15) is 40.5 Å². The minimum atomic E-state index is -2.27. The van der Waals surface area contributed by atoms with E-state index in [0.717, 1.165) is 31.7 Å². The number of carbonyl (C=O) groups is 2. The Bertz CT molecular complexity index is 609. The summed E-state index contributed by atoms with van der Waals surface area (Å²) >= 11 is 0. The summed E-state index contributed by atoms with van der Waals surface area (Å²) in [6.45, 7) is 11.1. The van der Waals surface area contributed by atoms with Crippen molar-refractivity contribution in [1.82, 2.24) is 10.3 Å². The molecule has 0 spiro atoms. The third kappa shape index (κ3) is 11.5. The number of aliphatic hydroxyl groups is 2. The van der Waals surface area contributed by atoms with Crippen LogP contribution < -0.4 is 14.8 Å². The maximum absolute atomic E-state index is 9.77. The molecule has 5 N–H and O–H groups in total. The molecule has 1 aromatic rings. The molecule has 30 heavy (non-hydrogen) atoms. The summed E-state index contributed by atoms with van der Waals surface area (Å²) in [5, 5.41) is 35.9. The summed E-state index contributed by atoms with van der Waals surface area (Å²) in [7, 11) is 0. The van der Waals surface area contributed by atoms with Gasteiger partial charge in [-0.1, -0.05) is 20.8 Å². The molecule has 1 aromatic heterocycles. The Hall–Kier alpha value is -2.43. The molecule has 0 aliphatic rings. The van der Waals surface area contributed by atoms with Gasteiger partial charge in [0, 0.05) is 6.20 Å². The maximum atomic E-state index is 9.77. The number of rotatable bonds is 13. The number of ether oxygens (including phenoxy) is 2. The first-order valence-corrected chi connectivity index (χ1v) is 9.90. The normalized spacial score (nSPS) is 13.6. The van der Waals surface area contributed by atoms with Gasteiger partial charge < -0.3 is 35.2 Å². The molecule has 0 saturated carbocycles. The van der Waals surface area contributed by atoms with Crippen LogP contribution in [0.4, 0.5) is 0 Å². The maximum Gasteiger partial charge on any atom is 0.335 e. The van der Waals surface area contributed by atoms with Crippen LogP contribution >= 0.6 is 0 Å². The van der Waals surface area contributed by atoms with E-state index in [-0.39, 0.29) is 6.10 Å². The fourth-order valence-corrected chi connectivity index (χ4v) is 2.35. The number of nitrogens with zero attached hydrogens (tertiary/aromatic N) is 1. The molecule has 0 aromatic carbocycles. The molecule has 0 amide bonds. The van der Waals surface area contributed by atoms with Crippen LogP contribution in [0.2, 0.25) is 0 Å². The first-order chi connectivity index (χ1) is 14.1. The monoisotopic (exact) mass is 430 g/mol. The third-order valence-corrected chi connectivity index (χ3v) is 3.74. The molecular weight excluding hydrogens is 396 g/mol. The second kappa shape index (κ2) is 15.4. The van der Waals surface area contributed by atoms with Crippen LogP contribution in [0, 0.1) is 5.92 Å². The molecule has 10 nitrogen and oxygen atoms in total. The van der Waals surface area contributed by atoms with Crippen LogP contribution in [0.25, 0.3) is 0 Å². The predicted octanol–water partition coefficient (Wildman–Crippen LogP) is 1.15. The smallest absolute Gasteiger partial charge is 0.335 e. The topological polar surface area (TPSA) is 158 Å². The van der Waals surface area contributed by atoms with Crippen molar-refractivity contribution in [3.05, 3.63) is 18.3 Å². The van der Waals surface area contributed by atoms with Crippen LogP contribution in [0.15, 0.2) is 18.3 Å². The van der Waals surface area contributed by atoms with E-state index in [1.165, 1.54) is 0 Å². The first-order valence-electron chi connectivity index (χ1n) is 9.90. The molecule has 10 heteroatoms. The number of carboxylic acid groups (broad SMARTS) is 2. The minimum Gasteiger partial charge on any atom is -0.485 e. The fraction of sp³-hybridized carbons (Fsp3) is 0.650. The predicted molar refractivity (Wildman–Crippen MR) is 110 cm³/mol. The second-order valence-electron chi connectivity index (χ2n) is 6.82. The molecule has 0 fully saturated rings. The lowest BCUT2D eigenvalue weighted by atomic mass is 10.0. The van der Waals surface area contributed by atoms with Gasteiger partial charge in [0.25, 0.3) is 5.88 Å². The van der Waals surface area contributed by atoms with Crippen LogP contribution in [0.3, 0.4) is 0 Å². The summed E-state index contributed by atoms with van der Waals surface area (Å²) in [5.74, 6) is -1.60. The molecular formula is C20H34N2O8. The lowest BCUT2D eigenvalue weighted by Gasteiger charge is -2.22. The Morgan fingerprint density at radius 1 is 1.13 bits per heavy atom. The summed E-state index contributed by atoms with van der Waals surface area (Å²) < 4.78 is 11.6. The van der Waals surface area contributed by atoms with Crippen molar-refractivity contribution >= 4 is 11.9 Å². The zero-order chi connectivity index (χ0) is 23.1. The number of aliphatic hydroxyl groups excluding tert-OH is 2. The molecule has 0 radical (unpaired) electrons. The summed E-state index contributed by atoms with van der Waals surface area (Å²) in [6.07, 6.45) is -0.584. The van der Waals surface area contributed by atoms with Gasteiger partial charge in [-0.15, -0.1) is 0 Å². The zero-order valence-corrected chi connectivity index (χ0v) is 17.9. The number of pyridine rings is 1. The Balaban J connectivity index is 0.000000710. The lowest BCUT2D eigenvalue weighted by Crippen LogP contribution is -2.39. The molecule has 0 saturated heterocycles. The number of carboxylic acids is 2. The average molecular weight is 430 g/mol. The molecule has 1 rings (SSSR count). The number of hydrogen-bond acceptors (Lipinski definition) is 8. The summed E-state index contributed by atoms with van der Waals surface area (Å²) in [6, 6.07) is 3.81. The van der Waals surface area contributed by atoms with Crippen molar-refractivity contribution in [1.29, 1.82) is 0 Å². The Morgan fingerprint density at radius 2 is 1.73 bits per heavy atom. The number of hydrogen-bond donors (Lipinski definition) is 5. The van der Waals surface area contributed by atoms with Gasteiger partial charge >= 0.3 is 11.9 Å². The first kappa shape index (κ1) is 27.6. The quantitative estimate of drug-likeness (QED) is 0.287. The van der Waals surface area contributed by atoms with Crippen LogP contribution in [-0.2, 0) is 9.59 Å². The van der Waals surface area contributed by atoms with Gasteiger partial charge in [0.15, 0.2) is 18.0 Å². The third-order valence-electron chi connectivity index (χ3n) is 3.74. The van der Waals surface area contributed by atoms with E-state index in [1.807, 2.05) is 19.1 Å². The highest BCUT2D eigenvalue weighted by Gasteiger charge is 2.29. The van der Waals surface area contributed by atoms with Gasteiger partial charge in [0.2, 0.25) is 0 Å². The van der Waals surface area contributed by atoms with E-state index in [9.17, 15) is 9.59 Å². The lowest BCUT2D eigenvalue weighted by molar-refractivity contribution is -0.165. The van der Waals surface area contributed by atoms with E-state index in [1.54, 1.807) is 6.20 Å². The van der Waals surface area contributed by atoms with E-state index >= 15 is 0 Å². The molecule has 0 bridgehead atoms. The Labute approximate surface area is 176 Å². The van der Waals surface area contributed by atoms with Gasteiger partial charge in [0.1, 0.15) is 6.10 Å². The van der Waals surface area contributed by atoms with E-state index in [2.05, 4.69) is 31.1 Å². The number of aliphatic carboxylic acids is 2. The Morgan fingerprint density at radius 3 is 2.20 bits per heavy atom. The summed E-state index contributed by atoms with van der Waals surface area (Å²) in [4.78, 5) is 23.8.